The Morgan fingerprint density at radius 2 is 2.00 bits per heavy atom. The minimum absolute atomic E-state index is 0.0153. The molecule has 0 fully saturated rings. The molecule has 2 unspecified atom stereocenters. The van der Waals surface area contributed by atoms with E-state index in [0.717, 1.165) is 23.6 Å². The molecule has 0 saturated heterocycles. The van der Waals surface area contributed by atoms with Crippen molar-refractivity contribution in [3.05, 3.63) is 48.0 Å². The fraction of sp³-hybridized carbons (Fsp3) is 0.412. The fourth-order valence-corrected chi connectivity index (χ4v) is 2.14. The number of imidazole rings is 1. The number of amides is 2. The summed E-state index contributed by atoms with van der Waals surface area (Å²) in [6.07, 6.45) is 3.72. The minimum Gasteiger partial charge on any atom is -0.396 e. The lowest BCUT2D eigenvalue weighted by Gasteiger charge is -2.19. The maximum Gasteiger partial charge on any atom is 0.319 e. The number of aliphatic hydroxyl groups is 1. The summed E-state index contributed by atoms with van der Waals surface area (Å²) >= 11 is 0. The highest BCUT2D eigenvalue weighted by Crippen LogP contribution is 2.12. The first-order valence-corrected chi connectivity index (χ1v) is 7.74. The number of hydrogen-bond donors (Lipinski definition) is 3. The van der Waals surface area contributed by atoms with Gasteiger partial charge in [0.15, 0.2) is 0 Å². The average molecular weight is 316 g/mol. The zero-order valence-electron chi connectivity index (χ0n) is 13.8. The van der Waals surface area contributed by atoms with Crippen molar-refractivity contribution in [1.29, 1.82) is 0 Å². The van der Waals surface area contributed by atoms with Crippen LogP contribution in [0.5, 0.6) is 0 Å². The van der Waals surface area contributed by atoms with Gasteiger partial charge in [0.25, 0.3) is 0 Å². The van der Waals surface area contributed by atoms with Gasteiger partial charge in [-0.2, -0.15) is 0 Å². The van der Waals surface area contributed by atoms with Crippen molar-refractivity contribution < 1.29 is 9.90 Å². The second-order valence-corrected chi connectivity index (χ2v) is 5.85. The van der Waals surface area contributed by atoms with E-state index in [1.54, 1.807) is 6.20 Å². The number of rotatable bonds is 6. The summed E-state index contributed by atoms with van der Waals surface area (Å²) in [5, 5.41) is 14.7. The van der Waals surface area contributed by atoms with E-state index in [1.807, 2.05) is 51.2 Å². The molecule has 0 spiro atoms. The topological polar surface area (TPSA) is 79.2 Å². The molecule has 2 rings (SSSR count). The summed E-state index contributed by atoms with van der Waals surface area (Å²) in [4.78, 5) is 16.1. The number of hydrogen-bond acceptors (Lipinski definition) is 3. The molecule has 1 aromatic heterocycles. The number of benzene rings is 1. The van der Waals surface area contributed by atoms with E-state index in [2.05, 4.69) is 20.2 Å². The standard InChI is InChI=1S/C17H24N4O2/c1-12(11-22)13(2)19-17(23)20-16-6-4-15(5-7-16)10-21-9-8-18-14(21)3/h4-9,12-13,22H,10-11H2,1-3H3,(H2,19,20,23). The molecule has 2 amide bonds. The van der Waals surface area contributed by atoms with Crippen molar-refractivity contribution in [3.63, 3.8) is 0 Å². The van der Waals surface area contributed by atoms with Gasteiger partial charge in [-0.25, -0.2) is 9.78 Å². The summed E-state index contributed by atoms with van der Waals surface area (Å²) in [6.45, 7) is 6.52. The van der Waals surface area contributed by atoms with Gasteiger partial charge in [-0.15, -0.1) is 0 Å². The molecular weight excluding hydrogens is 292 g/mol. The Morgan fingerprint density at radius 1 is 1.30 bits per heavy atom. The van der Waals surface area contributed by atoms with Crippen LogP contribution in [0, 0.1) is 12.8 Å². The molecule has 0 aliphatic rings. The number of carbonyl (C=O) groups excluding carboxylic acids is 1. The molecule has 0 aliphatic carbocycles. The molecule has 0 radical (unpaired) electrons. The third-order valence-corrected chi connectivity index (χ3v) is 3.99. The van der Waals surface area contributed by atoms with Gasteiger partial charge in [-0.3, -0.25) is 0 Å². The molecule has 0 saturated carbocycles. The summed E-state index contributed by atoms with van der Waals surface area (Å²) in [6, 6.07) is 7.35. The molecule has 124 valence electrons. The molecule has 1 heterocycles. The van der Waals surface area contributed by atoms with Gasteiger partial charge in [-0.05, 0) is 37.5 Å². The van der Waals surface area contributed by atoms with Crippen molar-refractivity contribution in [1.82, 2.24) is 14.9 Å². The molecule has 2 atom stereocenters. The van der Waals surface area contributed by atoms with Crippen molar-refractivity contribution in [2.45, 2.75) is 33.4 Å². The quantitative estimate of drug-likeness (QED) is 0.765. The first-order chi connectivity index (χ1) is 11.0. The number of carbonyl (C=O) groups is 1. The highest BCUT2D eigenvalue weighted by molar-refractivity contribution is 5.89. The molecule has 23 heavy (non-hydrogen) atoms. The van der Waals surface area contributed by atoms with E-state index in [0.29, 0.717) is 0 Å². The van der Waals surface area contributed by atoms with Crippen LogP contribution in [-0.4, -0.2) is 33.3 Å². The van der Waals surface area contributed by atoms with E-state index in [1.165, 1.54) is 0 Å². The number of anilines is 1. The predicted octanol–water partition coefficient (Wildman–Crippen LogP) is 2.38. The largest absolute Gasteiger partial charge is 0.396 e. The summed E-state index contributed by atoms with van der Waals surface area (Å²) < 4.78 is 2.06. The van der Waals surface area contributed by atoms with Crippen LogP contribution in [0.1, 0.15) is 25.2 Å². The van der Waals surface area contributed by atoms with E-state index in [-0.39, 0.29) is 24.6 Å². The van der Waals surface area contributed by atoms with Crippen molar-refractivity contribution >= 4 is 11.7 Å². The Bertz CT molecular complexity index is 636. The molecule has 0 aliphatic heterocycles. The van der Waals surface area contributed by atoms with Crippen LogP contribution < -0.4 is 10.6 Å². The average Bonchev–Trinajstić information content (AvgIpc) is 2.93. The molecule has 6 heteroatoms. The number of nitrogens with zero attached hydrogens (tertiary/aromatic N) is 2. The maximum atomic E-state index is 11.9. The number of aryl methyl sites for hydroxylation is 1. The van der Waals surface area contributed by atoms with Crippen molar-refractivity contribution in [2.75, 3.05) is 11.9 Å². The highest BCUT2D eigenvalue weighted by atomic mass is 16.3. The van der Waals surface area contributed by atoms with Gasteiger partial charge in [0, 0.05) is 37.3 Å². The van der Waals surface area contributed by atoms with Crippen molar-refractivity contribution in [2.24, 2.45) is 5.92 Å². The second-order valence-electron chi connectivity index (χ2n) is 5.85. The maximum absolute atomic E-state index is 11.9. The van der Waals surface area contributed by atoms with Crippen LogP contribution in [0.4, 0.5) is 10.5 Å². The third-order valence-electron chi connectivity index (χ3n) is 3.99. The zero-order chi connectivity index (χ0) is 16.8. The van der Waals surface area contributed by atoms with Gasteiger partial charge < -0.3 is 20.3 Å². The molecule has 0 bridgehead atoms. The van der Waals surface area contributed by atoms with Crippen LogP contribution >= 0.6 is 0 Å². The lowest BCUT2D eigenvalue weighted by molar-refractivity contribution is 0.204. The summed E-state index contributed by atoms with van der Waals surface area (Å²) in [5.74, 6) is 0.986. The fourth-order valence-electron chi connectivity index (χ4n) is 2.14. The first kappa shape index (κ1) is 17.0. The Kier molecular flexibility index (Phi) is 5.76. The van der Waals surface area contributed by atoms with Crippen molar-refractivity contribution in [3.8, 4) is 0 Å². The number of aromatic nitrogens is 2. The Balaban J connectivity index is 1.90. The Hall–Kier alpha value is -2.34. The number of nitrogens with one attached hydrogen (secondary N) is 2. The van der Waals surface area contributed by atoms with Crippen LogP contribution in [0.2, 0.25) is 0 Å². The molecule has 3 N–H and O–H groups in total. The van der Waals surface area contributed by atoms with Crippen LogP contribution in [-0.2, 0) is 6.54 Å². The van der Waals surface area contributed by atoms with Gasteiger partial charge >= 0.3 is 6.03 Å². The van der Waals surface area contributed by atoms with Gasteiger partial charge in [0.2, 0.25) is 0 Å². The van der Waals surface area contributed by atoms with E-state index >= 15 is 0 Å². The van der Waals surface area contributed by atoms with Gasteiger partial charge in [0.1, 0.15) is 5.82 Å². The van der Waals surface area contributed by atoms with Crippen LogP contribution in [0.25, 0.3) is 0 Å². The molecular formula is C17H24N4O2. The molecule has 6 nitrogen and oxygen atoms in total. The Labute approximate surface area is 136 Å². The SMILES string of the molecule is Cc1nccn1Cc1ccc(NC(=O)NC(C)C(C)CO)cc1. The number of aliphatic hydroxyl groups excluding tert-OH is 1. The lowest BCUT2D eigenvalue weighted by Crippen LogP contribution is -2.40. The Morgan fingerprint density at radius 3 is 2.57 bits per heavy atom. The number of urea groups is 1. The van der Waals surface area contributed by atoms with Gasteiger partial charge in [0.05, 0.1) is 0 Å². The zero-order valence-corrected chi connectivity index (χ0v) is 13.8. The smallest absolute Gasteiger partial charge is 0.319 e. The predicted molar refractivity (Wildman–Crippen MR) is 90.4 cm³/mol. The van der Waals surface area contributed by atoms with Gasteiger partial charge in [-0.1, -0.05) is 19.1 Å². The normalized spacial score (nSPS) is 13.4. The first-order valence-electron chi connectivity index (χ1n) is 7.74. The minimum atomic E-state index is -0.268. The third kappa shape index (κ3) is 4.82. The second kappa shape index (κ2) is 7.78. The van der Waals surface area contributed by atoms with E-state index < -0.39 is 0 Å². The van der Waals surface area contributed by atoms with Crippen LogP contribution in [0.3, 0.4) is 0 Å². The highest BCUT2D eigenvalue weighted by Gasteiger charge is 2.13. The molecule has 2 aromatic rings. The summed E-state index contributed by atoms with van der Waals surface area (Å²) in [5.41, 5.74) is 1.87. The monoisotopic (exact) mass is 316 g/mol. The summed E-state index contributed by atoms with van der Waals surface area (Å²) in [7, 11) is 0. The molecule has 1 aromatic carbocycles. The lowest BCUT2D eigenvalue weighted by atomic mass is 10.1. The van der Waals surface area contributed by atoms with E-state index in [9.17, 15) is 4.79 Å². The van der Waals surface area contributed by atoms with Crippen LogP contribution in [0.15, 0.2) is 36.7 Å². The van der Waals surface area contributed by atoms with E-state index in [4.69, 9.17) is 5.11 Å².